The fraction of sp³-hybridized carbons (Fsp3) is 0.943. The Kier molecular flexibility index (Phi) is 8.33. The Balaban J connectivity index is 1.30. The lowest BCUT2D eigenvalue weighted by Gasteiger charge is -2.62. The third-order valence-electron chi connectivity index (χ3n) is 14.1. The van der Waals surface area contributed by atoms with Gasteiger partial charge in [0.2, 0.25) is 0 Å². The highest BCUT2D eigenvalue weighted by molar-refractivity contribution is 5.66. The molecule has 0 N–H and O–H groups in total. The maximum Gasteiger partial charge on any atom is 0.303 e. The Morgan fingerprint density at radius 3 is 2.17 bits per heavy atom. The molecule has 232 valence electrons. The number of ether oxygens (including phenoxy) is 2. The molecule has 0 bridgehead atoms. The van der Waals surface area contributed by atoms with Gasteiger partial charge in [0.15, 0.2) is 6.10 Å². The highest BCUT2D eigenvalue weighted by Gasteiger charge is 2.67. The van der Waals surface area contributed by atoms with Crippen LogP contribution in [0.5, 0.6) is 0 Å². The zero-order chi connectivity index (χ0) is 29.0. The Bertz CT molecular complexity index is 973. The first-order valence-electron chi connectivity index (χ1n) is 17.6. The normalized spacial score (nSPS) is 46.1. The molecule has 2 aliphatic heterocycles. The summed E-state index contributed by atoms with van der Waals surface area (Å²) < 4.78 is 13.7. The quantitative estimate of drug-likeness (QED) is 0.284. The molecule has 0 aromatic rings. The van der Waals surface area contributed by atoms with Crippen LogP contribution in [0.15, 0.2) is 0 Å². The Morgan fingerprint density at radius 1 is 0.829 bits per heavy atom. The molecule has 4 saturated carbocycles. The maximum atomic E-state index is 12.6. The van der Waals surface area contributed by atoms with Crippen LogP contribution in [0.2, 0.25) is 0 Å². The second-order valence-corrected chi connectivity index (χ2v) is 15.8. The number of fused-ring (bicyclic) bond motifs is 5. The zero-order valence-corrected chi connectivity index (χ0v) is 26.9. The Hall–Kier alpha value is -1.14. The molecule has 0 amide bonds. The molecule has 2 heterocycles. The molecule has 41 heavy (non-hydrogen) atoms. The second kappa shape index (κ2) is 11.4. The van der Waals surface area contributed by atoms with Gasteiger partial charge in [-0.1, -0.05) is 20.3 Å². The molecule has 2 saturated heterocycles. The van der Waals surface area contributed by atoms with E-state index in [0.717, 1.165) is 32.0 Å². The van der Waals surface area contributed by atoms with Crippen LogP contribution in [-0.2, 0) is 19.1 Å². The lowest BCUT2D eigenvalue weighted by Crippen LogP contribution is -2.62. The van der Waals surface area contributed by atoms with Gasteiger partial charge in [0, 0.05) is 31.7 Å². The van der Waals surface area contributed by atoms with Crippen LogP contribution < -0.4 is 0 Å². The summed E-state index contributed by atoms with van der Waals surface area (Å²) in [6.45, 7) is 16.8. The molecule has 6 heteroatoms. The van der Waals surface area contributed by atoms with Crippen molar-refractivity contribution in [3.63, 3.8) is 0 Å². The van der Waals surface area contributed by atoms with Crippen LogP contribution in [0, 0.1) is 34.5 Å². The van der Waals surface area contributed by atoms with Crippen molar-refractivity contribution in [3.05, 3.63) is 0 Å². The van der Waals surface area contributed by atoms with Crippen LogP contribution in [-0.4, -0.2) is 78.3 Å². The van der Waals surface area contributed by atoms with E-state index < -0.39 is 0 Å². The summed E-state index contributed by atoms with van der Waals surface area (Å²) in [6.07, 6.45) is 16.4. The first-order valence-corrected chi connectivity index (χ1v) is 17.6. The third kappa shape index (κ3) is 5.09. The second-order valence-electron chi connectivity index (χ2n) is 15.8. The third-order valence-corrected chi connectivity index (χ3v) is 14.1. The minimum absolute atomic E-state index is 0.0475. The maximum absolute atomic E-state index is 12.6. The van der Waals surface area contributed by atoms with E-state index in [9.17, 15) is 9.59 Å². The summed E-state index contributed by atoms with van der Waals surface area (Å²) in [5, 5.41) is 0. The summed E-state index contributed by atoms with van der Waals surface area (Å²) in [4.78, 5) is 27.5. The number of carbonyl (C=O) groups is 2. The minimum Gasteiger partial charge on any atom is -0.461 e. The SMILES string of the molecule is CC[N+]1(C2CC3C4CCC5C[C@H](OC(C)=O)C(N6CCCCC6)CC5(C)C4CCC3(C)C2OC(C)=O)CCCCC1. The van der Waals surface area contributed by atoms with Gasteiger partial charge in [0.05, 0.1) is 19.6 Å². The number of quaternary nitrogens is 1. The monoisotopic (exact) mass is 571 g/mol. The van der Waals surface area contributed by atoms with Crippen molar-refractivity contribution in [2.45, 2.75) is 142 Å². The molecule has 10 atom stereocenters. The van der Waals surface area contributed by atoms with Crippen LogP contribution in [0.4, 0.5) is 0 Å². The smallest absolute Gasteiger partial charge is 0.303 e. The molecule has 6 nitrogen and oxygen atoms in total. The van der Waals surface area contributed by atoms with Crippen LogP contribution in [0.3, 0.4) is 0 Å². The van der Waals surface area contributed by atoms with Gasteiger partial charge < -0.3 is 14.0 Å². The molecule has 0 aromatic carbocycles. The lowest BCUT2D eigenvalue weighted by atomic mass is 9.44. The molecule has 4 aliphatic carbocycles. The van der Waals surface area contributed by atoms with Gasteiger partial charge in [0.25, 0.3) is 0 Å². The first-order chi connectivity index (χ1) is 19.6. The number of piperidine rings is 2. The standard InChI is InChI=1S/C35H59N2O4/c1-6-37(19-11-8-12-20-37)31-22-29-27-14-13-26-21-32(40-24(2)38)30(36-17-9-7-10-18-36)23-35(26,5)28(27)15-16-34(29,4)33(31)41-25(3)39/h26-33H,6-23H2,1-5H3/q+1/t26?,27?,28?,29?,30?,31?,32-,33?,34?,35?/m0/s1. The van der Waals surface area contributed by atoms with Crippen LogP contribution in [0.25, 0.3) is 0 Å². The highest BCUT2D eigenvalue weighted by atomic mass is 16.5. The molecule has 6 fully saturated rings. The molecule has 0 radical (unpaired) electrons. The molecule has 0 aromatic heterocycles. The van der Waals surface area contributed by atoms with Gasteiger partial charge in [-0.2, -0.15) is 0 Å². The Morgan fingerprint density at radius 2 is 1.51 bits per heavy atom. The summed E-state index contributed by atoms with van der Waals surface area (Å²) in [5.41, 5.74) is 0.375. The van der Waals surface area contributed by atoms with E-state index in [1.54, 1.807) is 13.8 Å². The lowest BCUT2D eigenvalue weighted by molar-refractivity contribution is -0.956. The van der Waals surface area contributed by atoms with Gasteiger partial charge in [-0.15, -0.1) is 0 Å². The average molecular weight is 572 g/mol. The van der Waals surface area contributed by atoms with E-state index in [4.69, 9.17) is 9.47 Å². The molecule has 6 rings (SSSR count). The fourth-order valence-corrected chi connectivity index (χ4v) is 12.1. The first kappa shape index (κ1) is 29.9. The number of rotatable bonds is 5. The zero-order valence-electron chi connectivity index (χ0n) is 26.9. The van der Waals surface area contributed by atoms with E-state index in [1.807, 2.05) is 0 Å². The van der Waals surface area contributed by atoms with Crippen LogP contribution >= 0.6 is 0 Å². The van der Waals surface area contributed by atoms with Gasteiger partial charge in [-0.25, -0.2) is 0 Å². The van der Waals surface area contributed by atoms with Crippen molar-refractivity contribution in [1.29, 1.82) is 0 Å². The van der Waals surface area contributed by atoms with Gasteiger partial charge in [0.1, 0.15) is 12.1 Å². The summed E-state index contributed by atoms with van der Waals surface area (Å²) in [5.74, 6) is 2.51. The summed E-state index contributed by atoms with van der Waals surface area (Å²) in [7, 11) is 0. The minimum atomic E-state index is -0.109. The number of likely N-dealkylation sites (tertiary alicyclic amines) is 2. The van der Waals surface area contributed by atoms with Gasteiger partial charge >= 0.3 is 11.9 Å². The largest absolute Gasteiger partial charge is 0.461 e. The predicted molar refractivity (Wildman–Crippen MR) is 161 cm³/mol. The van der Waals surface area contributed by atoms with Gasteiger partial charge in [-0.05, 0) is 120 Å². The number of likely N-dealkylation sites (N-methyl/N-ethyl adjacent to an activating group) is 1. The van der Waals surface area contributed by atoms with Crippen molar-refractivity contribution < 1.29 is 23.5 Å². The topological polar surface area (TPSA) is 55.8 Å². The van der Waals surface area contributed by atoms with E-state index in [2.05, 4.69) is 25.7 Å². The Labute approximate surface area is 249 Å². The molecular formula is C35H59N2O4+. The van der Waals surface area contributed by atoms with Crippen molar-refractivity contribution in [1.82, 2.24) is 4.90 Å². The molecule has 0 spiro atoms. The number of nitrogens with zero attached hydrogens (tertiary/aromatic N) is 2. The van der Waals surface area contributed by atoms with Gasteiger partial charge in [-0.3, -0.25) is 14.5 Å². The van der Waals surface area contributed by atoms with Crippen molar-refractivity contribution in [2.75, 3.05) is 32.7 Å². The number of hydrogen-bond donors (Lipinski definition) is 0. The number of hydrogen-bond acceptors (Lipinski definition) is 5. The number of esters is 2. The summed E-state index contributed by atoms with van der Waals surface area (Å²) >= 11 is 0. The van der Waals surface area contributed by atoms with Crippen molar-refractivity contribution in [2.24, 2.45) is 34.5 Å². The average Bonchev–Trinajstić information content (AvgIpc) is 3.25. The van der Waals surface area contributed by atoms with Crippen LogP contribution in [0.1, 0.15) is 118 Å². The van der Waals surface area contributed by atoms with E-state index >= 15 is 0 Å². The van der Waals surface area contributed by atoms with Crippen molar-refractivity contribution in [3.8, 4) is 0 Å². The van der Waals surface area contributed by atoms with E-state index in [-0.39, 0.29) is 29.6 Å². The molecular weight excluding hydrogens is 512 g/mol. The van der Waals surface area contributed by atoms with E-state index in [0.29, 0.717) is 35.3 Å². The molecule has 6 aliphatic rings. The van der Waals surface area contributed by atoms with E-state index in [1.165, 1.54) is 94.6 Å². The van der Waals surface area contributed by atoms with Crippen molar-refractivity contribution >= 4 is 11.9 Å². The number of carbonyl (C=O) groups excluding carboxylic acids is 2. The summed E-state index contributed by atoms with van der Waals surface area (Å²) in [6, 6.07) is 0.809. The molecule has 9 unspecified atom stereocenters. The highest BCUT2D eigenvalue weighted by Crippen LogP contribution is 2.67. The predicted octanol–water partition coefficient (Wildman–Crippen LogP) is 6.36. The fourth-order valence-electron chi connectivity index (χ4n) is 12.1.